The molecule has 0 fully saturated rings. The fraction of sp³-hybridized carbons (Fsp3) is 0.647. The number of aryl methyl sites for hydroxylation is 1. The standard InChI is InChI=1S/C17H27NO/c1-7-18-15-12(3)10-19-16-11(2)8-13(9-14(15)16)17(4,5)6/h8-9,12,15,18H,7,10H2,1-6H3. The molecule has 1 aromatic carbocycles. The second kappa shape index (κ2) is 5.16. The van der Waals surface area contributed by atoms with Crippen molar-refractivity contribution in [1.82, 2.24) is 5.32 Å². The Morgan fingerprint density at radius 1 is 1.32 bits per heavy atom. The number of rotatable bonds is 2. The summed E-state index contributed by atoms with van der Waals surface area (Å²) in [4.78, 5) is 0. The highest BCUT2D eigenvalue weighted by Gasteiger charge is 2.30. The molecule has 0 bridgehead atoms. The molecule has 2 unspecified atom stereocenters. The zero-order chi connectivity index (χ0) is 14.2. The van der Waals surface area contributed by atoms with Crippen molar-refractivity contribution in [2.24, 2.45) is 5.92 Å². The molecular weight excluding hydrogens is 234 g/mol. The van der Waals surface area contributed by atoms with Gasteiger partial charge in [-0.05, 0) is 36.1 Å². The second-order valence-electron chi connectivity index (χ2n) is 6.79. The highest BCUT2D eigenvalue weighted by atomic mass is 16.5. The summed E-state index contributed by atoms with van der Waals surface area (Å²) in [6.45, 7) is 15.2. The van der Waals surface area contributed by atoms with Gasteiger partial charge >= 0.3 is 0 Å². The second-order valence-corrected chi connectivity index (χ2v) is 6.79. The summed E-state index contributed by atoms with van der Waals surface area (Å²) in [5.74, 6) is 1.61. The Kier molecular flexibility index (Phi) is 3.91. The number of benzene rings is 1. The summed E-state index contributed by atoms with van der Waals surface area (Å²) in [6.07, 6.45) is 0. The maximum atomic E-state index is 5.97. The van der Waals surface area contributed by atoms with E-state index in [0.29, 0.717) is 12.0 Å². The van der Waals surface area contributed by atoms with Crippen LogP contribution in [-0.4, -0.2) is 13.2 Å². The van der Waals surface area contributed by atoms with Crippen LogP contribution in [-0.2, 0) is 5.41 Å². The molecular formula is C17H27NO. The van der Waals surface area contributed by atoms with Crippen molar-refractivity contribution in [3.8, 4) is 5.75 Å². The van der Waals surface area contributed by atoms with Gasteiger partial charge in [0.05, 0.1) is 6.61 Å². The largest absolute Gasteiger partial charge is 0.493 e. The molecule has 0 aromatic heterocycles. The highest BCUT2D eigenvalue weighted by Crippen LogP contribution is 2.40. The Morgan fingerprint density at radius 3 is 2.58 bits per heavy atom. The molecule has 0 aliphatic carbocycles. The van der Waals surface area contributed by atoms with E-state index in [9.17, 15) is 0 Å². The molecule has 1 heterocycles. The molecule has 0 amide bonds. The smallest absolute Gasteiger partial charge is 0.127 e. The molecule has 106 valence electrons. The topological polar surface area (TPSA) is 21.3 Å². The quantitative estimate of drug-likeness (QED) is 0.869. The molecule has 1 aliphatic rings. The molecule has 0 saturated carbocycles. The number of hydrogen-bond acceptors (Lipinski definition) is 2. The first kappa shape index (κ1) is 14.4. The summed E-state index contributed by atoms with van der Waals surface area (Å²) in [7, 11) is 0. The first-order chi connectivity index (χ1) is 8.84. The van der Waals surface area contributed by atoms with Crippen molar-refractivity contribution in [1.29, 1.82) is 0 Å². The SMILES string of the molecule is CCNC1c2cc(C(C)(C)C)cc(C)c2OCC1C. The average Bonchev–Trinajstić information content (AvgIpc) is 2.31. The molecule has 1 aromatic rings. The summed E-state index contributed by atoms with van der Waals surface area (Å²) >= 11 is 0. The lowest BCUT2D eigenvalue weighted by atomic mass is 9.81. The van der Waals surface area contributed by atoms with Crippen LogP contribution in [0.3, 0.4) is 0 Å². The maximum absolute atomic E-state index is 5.97. The van der Waals surface area contributed by atoms with Crippen LogP contribution in [0.4, 0.5) is 0 Å². The molecule has 2 nitrogen and oxygen atoms in total. The van der Waals surface area contributed by atoms with Crippen molar-refractivity contribution in [2.75, 3.05) is 13.2 Å². The van der Waals surface area contributed by atoms with E-state index in [1.54, 1.807) is 0 Å². The van der Waals surface area contributed by atoms with Gasteiger partial charge in [-0.1, -0.05) is 40.7 Å². The third-order valence-corrected chi connectivity index (χ3v) is 3.99. The number of fused-ring (bicyclic) bond motifs is 1. The van der Waals surface area contributed by atoms with Gasteiger partial charge in [0.1, 0.15) is 5.75 Å². The van der Waals surface area contributed by atoms with Crippen molar-refractivity contribution in [2.45, 2.75) is 53.0 Å². The van der Waals surface area contributed by atoms with Gasteiger partial charge in [-0.15, -0.1) is 0 Å². The molecule has 1 N–H and O–H groups in total. The zero-order valence-corrected chi connectivity index (χ0v) is 13.1. The van der Waals surface area contributed by atoms with E-state index in [2.05, 4.69) is 59.0 Å². The van der Waals surface area contributed by atoms with Crippen LogP contribution in [0.1, 0.15) is 57.4 Å². The lowest BCUT2D eigenvalue weighted by Crippen LogP contribution is -2.34. The first-order valence-corrected chi connectivity index (χ1v) is 7.35. The van der Waals surface area contributed by atoms with E-state index in [4.69, 9.17) is 4.74 Å². The maximum Gasteiger partial charge on any atom is 0.127 e. The van der Waals surface area contributed by atoms with E-state index >= 15 is 0 Å². The van der Waals surface area contributed by atoms with Gasteiger partial charge in [0, 0.05) is 17.5 Å². The minimum absolute atomic E-state index is 0.178. The van der Waals surface area contributed by atoms with E-state index in [1.807, 2.05) is 0 Å². The number of hydrogen-bond donors (Lipinski definition) is 1. The Balaban J connectivity index is 2.52. The van der Waals surface area contributed by atoms with Gasteiger partial charge in [-0.25, -0.2) is 0 Å². The summed E-state index contributed by atoms with van der Waals surface area (Å²) < 4.78 is 5.97. The third kappa shape index (κ3) is 2.79. The van der Waals surface area contributed by atoms with Crippen LogP contribution in [0.2, 0.25) is 0 Å². The Labute approximate surface area is 117 Å². The number of nitrogens with one attached hydrogen (secondary N) is 1. The van der Waals surface area contributed by atoms with Gasteiger partial charge in [-0.3, -0.25) is 0 Å². The lowest BCUT2D eigenvalue weighted by molar-refractivity contribution is 0.188. The molecule has 2 atom stereocenters. The minimum Gasteiger partial charge on any atom is -0.493 e. The van der Waals surface area contributed by atoms with Gasteiger partial charge in [-0.2, -0.15) is 0 Å². The van der Waals surface area contributed by atoms with Gasteiger partial charge in [0.15, 0.2) is 0 Å². The van der Waals surface area contributed by atoms with Crippen LogP contribution in [0, 0.1) is 12.8 Å². The van der Waals surface area contributed by atoms with Crippen molar-refractivity contribution in [3.05, 3.63) is 28.8 Å². The van der Waals surface area contributed by atoms with Crippen LogP contribution in [0.5, 0.6) is 5.75 Å². The van der Waals surface area contributed by atoms with Crippen molar-refractivity contribution in [3.63, 3.8) is 0 Å². The van der Waals surface area contributed by atoms with Crippen LogP contribution >= 0.6 is 0 Å². The number of ether oxygens (including phenoxy) is 1. The monoisotopic (exact) mass is 261 g/mol. The Hall–Kier alpha value is -1.02. The van der Waals surface area contributed by atoms with E-state index < -0.39 is 0 Å². The molecule has 2 heteroatoms. The molecule has 19 heavy (non-hydrogen) atoms. The summed E-state index contributed by atoms with van der Waals surface area (Å²) in [5, 5.41) is 3.62. The van der Waals surface area contributed by atoms with E-state index in [-0.39, 0.29) is 5.41 Å². The Morgan fingerprint density at radius 2 is 2.00 bits per heavy atom. The highest BCUT2D eigenvalue weighted by molar-refractivity contribution is 5.48. The van der Waals surface area contributed by atoms with Crippen LogP contribution in [0.25, 0.3) is 0 Å². The minimum atomic E-state index is 0.178. The van der Waals surface area contributed by atoms with Crippen molar-refractivity contribution < 1.29 is 4.74 Å². The first-order valence-electron chi connectivity index (χ1n) is 7.35. The average molecular weight is 261 g/mol. The van der Waals surface area contributed by atoms with E-state index in [1.165, 1.54) is 16.7 Å². The van der Waals surface area contributed by atoms with Crippen LogP contribution < -0.4 is 10.1 Å². The van der Waals surface area contributed by atoms with Crippen molar-refractivity contribution >= 4 is 0 Å². The predicted molar refractivity (Wildman–Crippen MR) is 81.0 cm³/mol. The van der Waals surface area contributed by atoms with Gasteiger partial charge in [0.25, 0.3) is 0 Å². The normalized spacial score (nSPS) is 22.8. The van der Waals surface area contributed by atoms with Gasteiger partial charge < -0.3 is 10.1 Å². The molecule has 0 spiro atoms. The Bertz CT molecular complexity index is 459. The predicted octanol–water partition coefficient (Wildman–Crippen LogP) is 3.97. The fourth-order valence-electron chi connectivity index (χ4n) is 2.81. The van der Waals surface area contributed by atoms with Gasteiger partial charge in [0.2, 0.25) is 0 Å². The zero-order valence-electron chi connectivity index (χ0n) is 13.1. The lowest BCUT2D eigenvalue weighted by Gasteiger charge is -2.34. The molecule has 2 rings (SSSR count). The van der Waals surface area contributed by atoms with Crippen LogP contribution in [0.15, 0.2) is 12.1 Å². The molecule has 1 aliphatic heterocycles. The van der Waals surface area contributed by atoms with E-state index in [0.717, 1.165) is 18.9 Å². The molecule has 0 radical (unpaired) electrons. The fourth-order valence-corrected chi connectivity index (χ4v) is 2.81. The summed E-state index contributed by atoms with van der Waals surface area (Å²) in [5.41, 5.74) is 4.17. The molecule has 0 saturated heterocycles. The third-order valence-electron chi connectivity index (χ3n) is 3.99. The summed E-state index contributed by atoms with van der Waals surface area (Å²) in [6, 6.07) is 5.03.